The van der Waals surface area contributed by atoms with Crippen molar-refractivity contribution in [1.82, 2.24) is 0 Å². The normalized spacial score (nSPS) is 21.1. The van der Waals surface area contributed by atoms with Crippen molar-refractivity contribution in [3.05, 3.63) is 41.6 Å². The highest BCUT2D eigenvalue weighted by Crippen LogP contribution is 2.22. The van der Waals surface area contributed by atoms with Crippen LogP contribution in [0.5, 0.6) is 0 Å². The molecule has 0 saturated heterocycles. The predicted octanol–water partition coefficient (Wildman–Crippen LogP) is 2.66. The SMILES string of the molecule is Cc1cccc(N=C2CCCC(=O)C2=CN)c1. The van der Waals surface area contributed by atoms with E-state index in [1.165, 1.54) is 6.20 Å². The summed E-state index contributed by atoms with van der Waals surface area (Å²) in [6.45, 7) is 2.02. The third-order valence-electron chi connectivity index (χ3n) is 2.86. The molecule has 1 aromatic rings. The molecule has 1 aromatic carbocycles. The van der Waals surface area contributed by atoms with Gasteiger partial charge in [-0.05, 0) is 37.5 Å². The van der Waals surface area contributed by atoms with E-state index < -0.39 is 0 Å². The number of hydrogen-bond acceptors (Lipinski definition) is 3. The summed E-state index contributed by atoms with van der Waals surface area (Å²) in [5.41, 5.74) is 8.94. The second-order valence-corrected chi connectivity index (χ2v) is 4.25. The van der Waals surface area contributed by atoms with Crippen molar-refractivity contribution in [3.8, 4) is 0 Å². The summed E-state index contributed by atoms with van der Waals surface area (Å²) >= 11 is 0. The first kappa shape index (κ1) is 11.6. The van der Waals surface area contributed by atoms with E-state index in [0.717, 1.165) is 29.8 Å². The fourth-order valence-corrected chi connectivity index (χ4v) is 2.01. The summed E-state index contributed by atoms with van der Waals surface area (Å²) in [6, 6.07) is 7.92. The molecule has 0 unspecified atom stereocenters. The van der Waals surface area contributed by atoms with E-state index in [9.17, 15) is 4.79 Å². The number of nitrogens with zero attached hydrogens (tertiary/aromatic N) is 1. The molecule has 0 atom stereocenters. The number of Topliss-reactive ketones (excluding diaryl/α,β-unsaturated/α-hetero) is 1. The van der Waals surface area contributed by atoms with Gasteiger partial charge in [0.1, 0.15) is 0 Å². The Morgan fingerprint density at radius 1 is 1.35 bits per heavy atom. The van der Waals surface area contributed by atoms with Gasteiger partial charge in [-0.2, -0.15) is 0 Å². The van der Waals surface area contributed by atoms with E-state index in [1.807, 2.05) is 31.2 Å². The molecule has 3 heteroatoms. The zero-order valence-corrected chi connectivity index (χ0v) is 9.94. The van der Waals surface area contributed by atoms with Gasteiger partial charge in [-0.3, -0.25) is 9.79 Å². The first-order chi connectivity index (χ1) is 8.20. The lowest BCUT2D eigenvalue weighted by Crippen LogP contribution is -2.20. The van der Waals surface area contributed by atoms with Gasteiger partial charge in [0.25, 0.3) is 0 Å². The summed E-state index contributed by atoms with van der Waals surface area (Å²) in [5, 5.41) is 0. The van der Waals surface area contributed by atoms with Gasteiger partial charge in [-0.15, -0.1) is 0 Å². The average Bonchev–Trinajstić information content (AvgIpc) is 2.29. The molecular formula is C14H16N2O. The first-order valence-corrected chi connectivity index (χ1v) is 5.80. The molecule has 0 aromatic heterocycles. The van der Waals surface area contributed by atoms with Gasteiger partial charge >= 0.3 is 0 Å². The van der Waals surface area contributed by atoms with Crippen LogP contribution in [0.2, 0.25) is 0 Å². The molecule has 0 spiro atoms. The van der Waals surface area contributed by atoms with Crippen LogP contribution in [-0.4, -0.2) is 11.5 Å². The molecular weight excluding hydrogens is 212 g/mol. The number of benzene rings is 1. The van der Waals surface area contributed by atoms with Crippen molar-refractivity contribution in [2.24, 2.45) is 10.7 Å². The topological polar surface area (TPSA) is 55.5 Å². The molecule has 1 fully saturated rings. The number of carbonyl (C=O) groups is 1. The average molecular weight is 228 g/mol. The smallest absolute Gasteiger partial charge is 0.166 e. The van der Waals surface area contributed by atoms with Crippen LogP contribution in [0, 0.1) is 6.92 Å². The van der Waals surface area contributed by atoms with Crippen LogP contribution in [0.25, 0.3) is 0 Å². The minimum absolute atomic E-state index is 0.102. The van der Waals surface area contributed by atoms with Crippen molar-refractivity contribution in [1.29, 1.82) is 0 Å². The highest BCUT2D eigenvalue weighted by atomic mass is 16.1. The third kappa shape index (κ3) is 2.61. The number of ketones is 1. The molecule has 3 nitrogen and oxygen atoms in total. The fraction of sp³-hybridized carbons (Fsp3) is 0.286. The molecule has 2 N–H and O–H groups in total. The van der Waals surface area contributed by atoms with E-state index in [0.29, 0.717) is 12.0 Å². The molecule has 1 aliphatic carbocycles. The summed E-state index contributed by atoms with van der Waals surface area (Å²) < 4.78 is 0. The largest absolute Gasteiger partial charge is 0.404 e. The van der Waals surface area contributed by atoms with Crippen molar-refractivity contribution < 1.29 is 4.79 Å². The van der Waals surface area contributed by atoms with Crippen LogP contribution < -0.4 is 5.73 Å². The minimum Gasteiger partial charge on any atom is -0.404 e. The highest BCUT2D eigenvalue weighted by molar-refractivity contribution is 6.24. The van der Waals surface area contributed by atoms with Crippen molar-refractivity contribution in [3.63, 3.8) is 0 Å². The molecule has 0 heterocycles. The van der Waals surface area contributed by atoms with Crippen molar-refractivity contribution in [2.75, 3.05) is 0 Å². The Balaban J connectivity index is 2.35. The summed E-state index contributed by atoms with van der Waals surface area (Å²) in [6.07, 6.45) is 3.65. The van der Waals surface area contributed by atoms with Crippen LogP contribution in [0.1, 0.15) is 24.8 Å². The molecule has 17 heavy (non-hydrogen) atoms. The van der Waals surface area contributed by atoms with Crippen LogP contribution in [0.3, 0.4) is 0 Å². The lowest BCUT2D eigenvalue weighted by atomic mass is 9.92. The van der Waals surface area contributed by atoms with E-state index in [4.69, 9.17) is 5.73 Å². The Morgan fingerprint density at radius 3 is 2.88 bits per heavy atom. The van der Waals surface area contributed by atoms with Gasteiger partial charge in [0.15, 0.2) is 5.78 Å². The van der Waals surface area contributed by atoms with Gasteiger partial charge in [-0.25, -0.2) is 0 Å². The number of hydrogen-bond donors (Lipinski definition) is 1. The maximum atomic E-state index is 11.7. The van der Waals surface area contributed by atoms with Crippen molar-refractivity contribution >= 4 is 17.2 Å². The molecule has 0 aliphatic heterocycles. The lowest BCUT2D eigenvalue weighted by molar-refractivity contribution is -0.115. The Kier molecular flexibility index (Phi) is 3.38. The highest BCUT2D eigenvalue weighted by Gasteiger charge is 2.20. The van der Waals surface area contributed by atoms with Gasteiger partial charge in [0, 0.05) is 12.6 Å². The maximum Gasteiger partial charge on any atom is 0.166 e. The molecule has 1 saturated carbocycles. The van der Waals surface area contributed by atoms with Crippen LogP contribution in [0.4, 0.5) is 5.69 Å². The van der Waals surface area contributed by atoms with Gasteiger partial charge in [-0.1, -0.05) is 12.1 Å². The zero-order chi connectivity index (χ0) is 12.3. The number of nitrogens with two attached hydrogens (primary N) is 1. The number of carbonyl (C=O) groups excluding carboxylic acids is 1. The second-order valence-electron chi connectivity index (χ2n) is 4.25. The zero-order valence-electron chi connectivity index (χ0n) is 9.94. The number of allylic oxidation sites excluding steroid dienone is 1. The Labute approximate surface area is 101 Å². The van der Waals surface area contributed by atoms with E-state index >= 15 is 0 Å². The van der Waals surface area contributed by atoms with Crippen LogP contribution in [0.15, 0.2) is 41.0 Å². The Bertz CT molecular complexity index is 501. The second kappa shape index (κ2) is 4.95. The Hall–Kier alpha value is -1.90. The number of aliphatic imine (C=N–C) groups is 1. The molecule has 0 bridgehead atoms. The van der Waals surface area contributed by atoms with Crippen LogP contribution in [-0.2, 0) is 4.79 Å². The predicted molar refractivity (Wildman–Crippen MR) is 69.4 cm³/mol. The standard InChI is InChI=1S/C14H16N2O/c1-10-4-2-5-11(8-10)16-13-6-3-7-14(17)12(13)9-15/h2,4-5,8-9H,3,6-7,15H2,1H3. The van der Waals surface area contributed by atoms with Crippen LogP contribution >= 0.6 is 0 Å². The van der Waals surface area contributed by atoms with Gasteiger partial charge in [0.05, 0.1) is 17.0 Å². The summed E-state index contributed by atoms with van der Waals surface area (Å²) in [7, 11) is 0. The third-order valence-corrected chi connectivity index (χ3v) is 2.86. The van der Waals surface area contributed by atoms with E-state index in [-0.39, 0.29) is 5.78 Å². The molecule has 1 aliphatic rings. The first-order valence-electron chi connectivity index (χ1n) is 5.80. The monoisotopic (exact) mass is 228 g/mol. The summed E-state index contributed by atoms with van der Waals surface area (Å²) in [4.78, 5) is 16.2. The Morgan fingerprint density at radius 2 is 2.18 bits per heavy atom. The number of aryl methyl sites for hydroxylation is 1. The molecule has 0 amide bonds. The summed E-state index contributed by atoms with van der Waals surface area (Å²) in [5.74, 6) is 0.102. The van der Waals surface area contributed by atoms with Gasteiger partial charge < -0.3 is 5.73 Å². The molecule has 88 valence electrons. The van der Waals surface area contributed by atoms with Crippen molar-refractivity contribution in [2.45, 2.75) is 26.2 Å². The molecule has 2 rings (SSSR count). The quantitative estimate of drug-likeness (QED) is 0.751. The van der Waals surface area contributed by atoms with E-state index in [1.54, 1.807) is 0 Å². The maximum absolute atomic E-state index is 11.7. The lowest BCUT2D eigenvalue weighted by Gasteiger charge is -2.15. The number of rotatable bonds is 1. The van der Waals surface area contributed by atoms with E-state index in [2.05, 4.69) is 4.99 Å². The minimum atomic E-state index is 0.102. The molecule has 0 radical (unpaired) electrons. The van der Waals surface area contributed by atoms with Gasteiger partial charge in [0.2, 0.25) is 0 Å². The fourth-order valence-electron chi connectivity index (χ4n) is 2.01.